The van der Waals surface area contributed by atoms with Crippen molar-refractivity contribution in [3.63, 3.8) is 0 Å². The van der Waals surface area contributed by atoms with Crippen molar-refractivity contribution in [1.82, 2.24) is 4.31 Å². The average molecular weight is 431 g/mol. The maximum absolute atomic E-state index is 12.4. The van der Waals surface area contributed by atoms with Crippen molar-refractivity contribution in [1.29, 1.82) is 0 Å². The van der Waals surface area contributed by atoms with Crippen molar-refractivity contribution in [2.75, 3.05) is 17.9 Å². The molecule has 1 saturated heterocycles. The number of hydrogen-bond acceptors (Lipinski definition) is 3. The van der Waals surface area contributed by atoms with Crippen molar-refractivity contribution in [3.05, 3.63) is 26.8 Å². The quantitative estimate of drug-likeness (QED) is 0.721. The van der Waals surface area contributed by atoms with E-state index in [2.05, 4.69) is 27.3 Å². The number of aliphatic hydroxyl groups excluding tert-OH is 1. The Bertz CT molecular complexity index is 582. The summed E-state index contributed by atoms with van der Waals surface area (Å²) in [5, 5.41) is 9.68. The van der Waals surface area contributed by atoms with Crippen molar-refractivity contribution >= 4 is 50.1 Å². The van der Waals surface area contributed by atoms with E-state index < -0.39 is 10.2 Å². The molecular formula is C12H16ClIN2O3S. The molecule has 0 aromatic heterocycles. The van der Waals surface area contributed by atoms with Crippen LogP contribution in [-0.2, 0) is 10.2 Å². The van der Waals surface area contributed by atoms with Gasteiger partial charge in [0.15, 0.2) is 0 Å². The largest absolute Gasteiger partial charge is 0.395 e. The minimum atomic E-state index is -3.70. The van der Waals surface area contributed by atoms with Gasteiger partial charge in [0.05, 0.1) is 17.3 Å². The molecule has 1 aromatic rings. The topological polar surface area (TPSA) is 69.6 Å². The highest BCUT2D eigenvalue weighted by Crippen LogP contribution is 2.27. The van der Waals surface area contributed by atoms with E-state index in [-0.39, 0.29) is 12.6 Å². The molecule has 0 aliphatic carbocycles. The maximum Gasteiger partial charge on any atom is 0.302 e. The minimum Gasteiger partial charge on any atom is -0.395 e. The Morgan fingerprint density at radius 3 is 2.85 bits per heavy atom. The van der Waals surface area contributed by atoms with Gasteiger partial charge >= 0.3 is 10.2 Å². The van der Waals surface area contributed by atoms with Crippen LogP contribution in [0.15, 0.2) is 18.2 Å². The number of piperidine rings is 1. The molecule has 0 spiro atoms. The van der Waals surface area contributed by atoms with Crippen molar-refractivity contribution < 1.29 is 13.5 Å². The van der Waals surface area contributed by atoms with Crippen LogP contribution >= 0.6 is 34.2 Å². The van der Waals surface area contributed by atoms with Gasteiger partial charge in [-0.15, -0.1) is 0 Å². The Morgan fingerprint density at radius 2 is 2.20 bits per heavy atom. The first-order chi connectivity index (χ1) is 9.44. The number of anilines is 1. The second-order valence-corrected chi connectivity index (χ2v) is 7.95. The number of rotatable bonds is 4. The fourth-order valence-electron chi connectivity index (χ4n) is 2.24. The van der Waals surface area contributed by atoms with E-state index in [1.807, 2.05) is 0 Å². The van der Waals surface area contributed by atoms with Gasteiger partial charge in [-0.1, -0.05) is 18.0 Å². The first-order valence-electron chi connectivity index (χ1n) is 6.29. The molecule has 1 atom stereocenters. The molecule has 0 saturated carbocycles. The van der Waals surface area contributed by atoms with Crippen LogP contribution in [0.5, 0.6) is 0 Å². The van der Waals surface area contributed by atoms with E-state index >= 15 is 0 Å². The van der Waals surface area contributed by atoms with E-state index in [1.165, 1.54) is 4.31 Å². The molecule has 0 bridgehead atoms. The molecule has 2 N–H and O–H groups in total. The van der Waals surface area contributed by atoms with Crippen LogP contribution in [0.4, 0.5) is 5.69 Å². The van der Waals surface area contributed by atoms with Crippen LogP contribution in [0.3, 0.4) is 0 Å². The monoisotopic (exact) mass is 430 g/mol. The predicted molar refractivity (Wildman–Crippen MR) is 88.1 cm³/mol. The molecule has 0 amide bonds. The van der Waals surface area contributed by atoms with Crippen molar-refractivity contribution in [2.24, 2.45) is 0 Å². The van der Waals surface area contributed by atoms with Crippen LogP contribution in [0.2, 0.25) is 5.02 Å². The SMILES string of the molecule is O=S(=O)(Nc1ccc(I)cc1Cl)N1CCCCC1CO. The third kappa shape index (κ3) is 3.76. The molecule has 1 fully saturated rings. The summed E-state index contributed by atoms with van der Waals surface area (Å²) in [5.41, 5.74) is 0.356. The smallest absolute Gasteiger partial charge is 0.302 e. The molecule has 5 nitrogen and oxygen atoms in total. The summed E-state index contributed by atoms with van der Waals surface area (Å²) < 4.78 is 29.6. The zero-order valence-electron chi connectivity index (χ0n) is 10.7. The van der Waals surface area contributed by atoms with Gasteiger partial charge in [0.2, 0.25) is 0 Å². The average Bonchev–Trinajstić information content (AvgIpc) is 2.42. The van der Waals surface area contributed by atoms with Gasteiger partial charge in [-0.05, 0) is 53.6 Å². The Kier molecular flexibility index (Phi) is 5.52. The number of hydrogen-bond donors (Lipinski definition) is 2. The van der Waals surface area contributed by atoms with Crippen molar-refractivity contribution in [3.8, 4) is 0 Å². The van der Waals surface area contributed by atoms with Gasteiger partial charge in [0.25, 0.3) is 0 Å². The Morgan fingerprint density at radius 1 is 1.45 bits per heavy atom. The number of halogens is 2. The summed E-state index contributed by atoms with van der Waals surface area (Å²) in [7, 11) is -3.70. The first kappa shape index (κ1) is 16.3. The first-order valence-corrected chi connectivity index (χ1v) is 9.19. The summed E-state index contributed by atoms with van der Waals surface area (Å²) in [6, 6.07) is 4.76. The van der Waals surface area contributed by atoms with E-state index in [0.29, 0.717) is 23.7 Å². The standard InChI is InChI=1S/C12H16ClIN2O3S/c13-11-7-9(14)4-5-12(11)15-20(18,19)16-6-2-1-3-10(16)8-17/h4-5,7,10,15,17H,1-3,6,8H2. The summed E-state index contributed by atoms with van der Waals surface area (Å²) in [6.07, 6.45) is 2.41. The Balaban J connectivity index is 2.21. The number of benzene rings is 1. The lowest BCUT2D eigenvalue weighted by molar-refractivity contribution is 0.156. The lowest BCUT2D eigenvalue weighted by Crippen LogP contribution is -2.47. The van der Waals surface area contributed by atoms with Crippen LogP contribution in [-0.4, -0.2) is 37.0 Å². The Hall–Kier alpha value is -0.0900. The summed E-state index contributed by atoms with van der Waals surface area (Å²) in [5.74, 6) is 0. The van der Waals surface area contributed by atoms with Crippen LogP contribution in [0, 0.1) is 3.57 Å². The van der Waals surface area contributed by atoms with Crippen LogP contribution in [0.25, 0.3) is 0 Å². The lowest BCUT2D eigenvalue weighted by atomic mass is 10.1. The predicted octanol–water partition coefficient (Wildman–Crippen LogP) is 2.45. The lowest BCUT2D eigenvalue weighted by Gasteiger charge is -2.33. The molecule has 0 radical (unpaired) electrons. The Labute approximate surface area is 137 Å². The van der Waals surface area contributed by atoms with E-state index in [9.17, 15) is 13.5 Å². The fraction of sp³-hybridized carbons (Fsp3) is 0.500. The molecule has 1 aliphatic rings. The normalized spacial score (nSPS) is 20.9. The highest BCUT2D eigenvalue weighted by molar-refractivity contribution is 14.1. The summed E-state index contributed by atoms with van der Waals surface area (Å²) in [6.45, 7) is 0.254. The summed E-state index contributed by atoms with van der Waals surface area (Å²) in [4.78, 5) is 0. The fourth-order valence-corrected chi connectivity index (χ4v) is 4.71. The highest BCUT2D eigenvalue weighted by atomic mass is 127. The van der Waals surface area contributed by atoms with Gasteiger partial charge in [-0.3, -0.25) is 4.72 Å². The van der Waals surface area contributed by atoms with Gasteiger partial charge in [-0.25, -0.2) is 0 Å². The van der Waals surface area contributed by atoms with Gasteiger partial charge in [0.1, 0.15) is 0 Å². The zero-order chi connectivity index (χ0) is 14.8. The molecule has 1 heterocycles. The molecular weight excluding hydrogens is 415 g/mol. The van der Waals surface area contributed by atoms with Gasteiger partial charge in [0, 0.05) is 16.2 Å². The van der Waals surface area contributed by atoms with Gasteiger partial charge in [-0.2, -0.15) is 12.7 Å². The number of aliphatic hydroxyl groups is 1. The third-order valence-corrected chi connectivity index (χ3v) is 5.82. The number of nitrogens with zero attached hydrogens (tertiary/aromatic N) is 1. The second kappa shape index (κ2) is 6.78. The molecule has 1 aromatic carbocycles. The maximum atomic E-state index is 12.4. The minimum absolute atomic E-state index is 0.165. The van der Waals surface area contributed by atoms with Crippen molar-refractivity contribution in [2.45, 2.75) is 25.3 Å². The number of nitrogens with one attached hydrogen (secondary N) is 1. The molecule has 8 heteroatoms. The molecule has 2 rings (SSSR count). The van der Waals surface area contributed by atoms with E-state index in [4.69, 9.17) is 11.6 Å². The van der Waals surface area contributed by atoms with Gasteiger partial charge < -0.3 is 5.11 Å². The highest BCUT2D eigenvalue weighted by Gasteiger charge is 2.32. The summed E-state index contributed by atoms with van der Waals surface area (Å²) >= 11 is 8.15. The molecule has 20 heavy (non-hydrogen) atoms. The van der Waals surface area contributed by atoms with E-state index in [0.717, 1.165) is 16.4 Å². The van der Waals surface area contributed by atoms with E-state index in [1.54, 1.807) is 18.2 Å². The van der Waals surface area contributed by atoms with Crippen LogP contribution in [0.1, 0.15) is 19.3 Å². The molecule has 1 aliphatic heterocycles. The molecule has 112 valence electrons. The third-order valence-electron chi connectivity index (χ3n) is 3.26. The zero-order valence-corrected chi connectivity index (χ0v) is 14.4. The molecule has 1 unspecified atom stereocenters. The van der Waals surface area contributed by atoms with Crippen LogP contribution < -0.4 is 4.72 Å². The second-order valence-electron chi connectivity index (χ2n) is 4.67.